The third-order valence-corrected chi connectivity index (χ3v) is 2.43. The van der Waals surface area contributed by atoms with Crippen LogP contribution in [0.25, 0.3) is 0 Å². The van der Waals surface area contributed by atoms with Crippen LogP contribution in [0.3, 0.4) is 0 Å². The van der Waals surface area contributed by atoms with Gasteiger partial charge in [0, 0.05) is 38.3 Å². The highest BCUT2D eigenvalue weighted by atomic mass is 16.5. The van der Waals surface area contributed by atoms with Crippen molar-refractivity contribution in [1.29, 1.82) is 0 Å². The summed E-state index contributed by atoms with van der Waals surface area (Å²) < 4.78 is 10.2. The topological polar surface area (TPSA) is 55.8 Å². The molecule has 1 aliphatic rings. The second-order valence-corrected chi connectivity index (χ2v) is 4.27. The number of nitrogens with zero attached hydrogens (tertiary/aromatic N) is 1. The number of hydrogen-bond acceptors (Lipinski definition) is 4. The van der Waals surface area contributed by atoms with Gasteiger partial charge in [-0.05, 0) is 0 Å². The third-order valence-electron chi connectivity index (χ3n) is 2.43. The SMILES string of the molecule is COCC(C)(COC)CN1C(=O)C=CC1=O. The van der Waals surface area contributed by atoms with Gasteiger partial charge in [0.25, 0.3) is 11.8 Å². The summed E-state index contributed by atoms with van der Waals surface area (Å²) in [6, 6.07) is 0. The van der Waals surface area contributed by atoms with Crippen LogP contribution in [0.2, 0.25) is 0 Å². The molecule has 0 atom stereocenters. The zero-order chi connectivity index (χ0) is 12.2. The van der Waals surface area contributed by atoms with Crippen molar-refractivity contribution in [1.82, 2.24) is 4.90 Å². The number of amides is 2. The van der Waals surface area contributed by atoms with Crippen LogP contribution in [0.4, 0.5) is 0 Å². The Morgan fingerprint density at radius 3 is 1.94 bits per heavy atom. The van der Waals surface area contributed by atoms with Gasteiger partial charge in [-0.1, -0.05) is 6.92 Å². The van der Waals surface area contributed by atoms with Crippen molar-refractivity contribution in [2.45, 2.75) is 6.92 Å². The van der Waals surface area contributed by atoms with Crippen LogP contribution in [0.5, 0.6) is 0 Å². The number of carbonyl (C=O) groups excluding carboxylic acids is 2. The molecule has 0 N–H and O–H groups in total. The molecule has 0 radical (unpaired) electrons. The molecule has 0 aromatic rings. The van der Waals surface area contributed by atoms with Crippen molar-refractivity contribution in [2.75, 3.05) is 34.0 Å². The van der Waals surface area contributed by atoms with Crippen LogP contribution < -0.4 is 0 Å². The zero-order valence-corrected chi connectivity index (χ0v) is 9.86. The largest absolute Gasteiger partial charge is 0.384 e. The molecule has 0 aromatic carbocycles. The predicted octanol–water partition coefficient (Wildman–Crippen LogP) is 0.210. The fraction of sp³-hybridized carbons (Fsp3) is 0.636. The molecule has 1 rings (SSSR count). The van der Waals surface area contributed by atoms with Crippen LogP contribution >= 0.6 is 0 Å². The Bertz CT molecular complexity index is 287. The fourth-order valence-corrected chi connectivity index (χ4v) is 1.80. The molecule has 1 aliphatic heterocycles. The molecule has 0 aromatic heterocycles. The standard InChI is InChI=1S/C11H17NO4/c1-11(7-15-2,8-16-3)6-12-9(13)4-5-10(12)14/h4-5H,6-8H2,1-3H3. The number of methoxy groups -OCH3 is 2. The summed E-state index contributed by atoms with van der Waals surface area (Å²) in [7, 11) is 3.17. The second-order valence-electron chi connectivity index (χ2n) is 4.27. The normalized spacial score (nSPS) is 16.3. The Hall–Kier alpha value is -1.20. The molecule has 0 unspecified atom stereocenters. The van der Waals surface area contributed by atoms with Gasteiger partial charge >= 0.3 is 0 Å². The smallest absolute Gasteiger partial charge is 0.253 e. The molecule has 0 fully saturated rings. The minimum Gasteiger partial charge on any atom is -0.384 e. The lowest BCUT2D eigenvalue weighted by Gasteiger charge is -2.31. The lowest BCUT2D eigenvalue weighted by atomic mass is 9.92. The van der Waals surface area contributed by atoms with E-state index in [4.69, 9.17) is 9.47 Å². The summed E-state index contributed by atoms with van der Waals surface area (Å²) >= 11 is 0. The Balaban J connectivity index is 2.68. The first kappa shape index (κ1) is 12.9. The van der Waals surface area contributed by atoms with E-state index in [0.717, 1.165) is 0 Å². The molecule has 2 amide bonds. The van der Waals surface area contributed by atoms with Gasteiger partial charge in [0.05, 0.1) is 13.2 Å². The zero-order valence-electron chi connectivity index (χ0n) is 9.86. The van der Waals surface area contributed by atoms with E-state index in [1.54, 1.807) is 14.2 Å². The average Bonchev–Trinajstić information content (AvgIpc) is 2.50. The maximum absolute atomic E-state index is 11.4. The Morgan fingerprint density at radius 1 is 1.12 bits per heavy atom. The molecule has 1 heterocycles. The van der Waals surface area contributed by atoms with Crippen LogP contribution in [-0.2, 0) is 19.1 Å². The van der Waals surface area contributed by atoms with Gasteiger partial charge in [-0.3, -0.25) is 14.5 Å². The Morgan fingerprint density at radius 2 is 1.56 bits per heavy atom. The minimum absolute atomic E-state index is 0.275. The molecule has 0 spiro atoms. The average molecular weight is 227 g/mol. The Labute approximate surface area is 95.0 Å². The highest BCUT2D eigenvalue weighted by Crippen LogP contribution is 2.21. The maximum atomic E-state index is 11.4. The van der Waals surface area contributed by atoms with Crippen molar-refractivity contribution in [3.8, 4) is 0 Å². The van der Waals surface area contributed by atoms with Gasteiger partial charge in [-0.2, -0.15) is 0 Å². The molecule has 16 heavy (non-hydrogen) atoms. The molecular formula is C11H17NO4. The lowest BCUT2D eigenvalue weighted by molar-refractivity contribution is -0.140. The summed E-state index contributed by atoms with van der Waals surface area (Å²) in [5, 5.41) is 0. The summed E-state index contributed by atoms with van der Waals surface area (Å²) in [5.41, 5.74) is -0.374. The van der Waals surface area contributed by atoms with E-state index in [9.17, 15) is 9.59 Å². The summed E-state index contributed by atoms with van der Waals surface area (Å²) in [4.78, 5) is 24.0. The van der Waals surface area contributed by atoms with E-state index in [1.165, 1.54) is 17.1 Å². The minimum atomic E-state index is -0.374. The molecule has 5 nitrogen and oxygen atoms in total. The third kappa shape index (κ3) is 2.90. The fourth-order valence-electron chi connectivity index (χ4n) is 1.80. The number of rotatable bonds is 6. The number of hydrogen-bond donors (Lipinski definition) is 0. The number of carbonyl (C=O) groups is 2. The van der Waals surface area contributed by atoms with E-state index in [1.807, 2.05) is 6.92 Å². The Kier molecular flexibility index (Phi) is 4.20. The van der Waals surface area contributed by atoms with Crippen LogP contribution in [0.15, 0.2) is 12.2 Å². The molecular weight excluding hydrogens is 210 g/mol. The highest BCUT2D eigenvalue weighted by molar-refractivity contribution is 6.12. The van der Waals surface area contributed by atoms with Crippen molar-refractivity contribution >= 4 is 11.8 Å². The van der Waals surface area contributed by atoms with Gasteiger partial charge < -0.3 is 9.47 Å². The van der Waals surface area contributed by atoms with Gasteiger partial charge in [-0.15, -0.1) is 0 Å². The van der Waals surface area contributed by atoms with Gasteiger partial charge in [0.1, 0.15) is 0 Å². The van der Waals surface area contributed by atoms with E-state index in [2.05, 4.69) is 0 Å². The molecule has 0 bridgehead atoms. The summed E-state index contributed by atoms with van der Waals surface area (Å²) in [6.07, 6.45) is 2.56. The van der Waals surface area contributed by atoms with E-state index in [-0.39, 0.29) is 17.2 Å². The van der Waals surface area contributed by atoms with Crippen LogP contribution in [-0.4, -0.2) is 50.7 Å². The molecule has 90 valence electrons. The van der Waals surface area contributed by atoms with E-state index >= 15 is 0 Å². The molecule has 0 saturated carbocycles. The quantitative estimate of drug-likeness (QED) is 0.609. The number of ether oxygens (including phenoxy) is 2. The molecule has 5 heteroatoms. The van der Waals surface area contributed by atoms with E-state index < -0.39 is 0 Å². The van der Waals surface area contributed by atoms with E-state index in [0.29, 0.717) is 19.8 Å². The predicted molar refractivity (Wildman–Crippen MR) is 57.7 cm³/mol. The van der Waals surface area contributed by atoms with Gasteiger partial charge in [0.2, 0.25) is 0 Å². The van der Waals surface area contributed by atoms with Gasteiger partial charge in [-0.25, -0.2) is 0 Å². The number of imide groups is 1. The maximum Gasteiger partial charge on any atom is 0.253 e. The summed E-state index contributed by atoms with van der Waals surface area (Å²) in [5.74, 6) is -0.549. The molecule has 0 saturated heterocycles. The highest BCUT2D eigenvalue weighted by Gasteiger charge is 2.33. The van der Waals surface area contributed by atoms with Crippen molar-refractivity contribution in [3.05, 3.63) is 12.2 Å². The molecule has 0 aliphatic carbocycles. The monoisotopic (exact) mass is 227 g/mol. The van der Waals surface area contributed by atoms with Crippen LogP contribution in [0, 0.1) is 5.41 Å². The van der Waals surface area contributed by atoms with Crippen molar-refractivity contribution < 1.29 is 19.1 Å². The van der Waals surface area contributed by atoms with Gasteiger partial charge in [0.15, 0.2) is 0 Å². The first-order chi connectivity index (χ1) is 7.52. The second kappa shape index (κ2) is 5.23. The van der Waals surface area contributed by atoms with Crippen molar-refractivity contribution in [3.63, 3.8) is 0 Å². The van der Waals surface area contributed by atoms with Crippen molar-refractivity contribution in [2.24, 2.45) is 5.41 Å². The first-order valence-corrected chi connectivity index (χ1v) is 5.04. The summed E-state index contributed by atoms with van der Waals surface area (Å²) in [6.45, 7) is 3.08. The lowest BCUT2D eigenvalue weighted by Crippen LogP contribution is -2.44. The first-order valence-electron chi connectivity index (χ1n) is 5.04. The van der Waals surface area contributed by atoms with Crippen LogP contribution in [0.1, 0.15) is 6.92 Å².